The molecule has 0 aliphatic carbocycles. The van der Waals surface area contributed by atoms with Gasteiger partial charge in [-0.3, -0.25) is 0 Å². The molecule has 1 rings (SSSR count). The molecule has 1 aromatic carbocycles. The number of carbonyl (C=O) groups excluding carboxylic acids is 4. The molecule has 0 N–H and O–H groups in total. The van der Waals surface area contributed by atoms with Gasteiger partial charge in [-0.15, -0.1) is 0 Å². The summed E-state index contributed by atoms with van der Waals surface area (Å²) < 4.78 is 21.6. The van der Waals surface area contributed by atoms with Crippen LogP contribution in [-0.2, 0) is 18.9 Å². The molecule has 0 radical (unpaired) electrons. The van der Waals surface area contributed by atoms with E-state index in [1.165, 1.54) is 12.1 Å². The second-order valence-electron chi connectivity index (χ2n) is 11.2. The minimum atomic E-state index is -0.780. The fourth-order valence-electron chi connectivity index (χ4n) is 3.14. The lowest BCUT2D eigenvalue weighted by molar-refractivity contribution is 0.0424. The van der Waals surface area contributed by atoms with E-state index in [0.717, 1.165) is 0 Å². The Morgan fingerprint density at radius 2 is 0.632 bits per heavy atom. The van der Waals surface area contributed by atoms with Crippen molar-refractivity contribution in [1.82, 2.24) is 0 Å². The number of hydrogen-bond donors (Lipinski definition) is 0. The molecule has 0 aliphatic rings. The molecule has 1 aromatic rings. The molecule has 214 valence electrons. The van der Waals surface area contributed by atoms with E-state index in [0.29, 0.717) is 49.4 Å². The minimum Gasteiger partial charge on any atom is -0.462 e. The quantitative estimate of drug-likeness (QED) is 0.175. The van der Waals surface area contributed by atoms with E-state index in [1.807, 2.05) is 55.4 Å². The second kappa shape index (κ2) is 16.8. The molecule has 0 fully saturated rings. The molecule has 0 unspecified atom stereocenters. The summed E-state index contributed by atoms with van der Waals surface area (Å²) in [6.07, 6.45) is 2.52. The SMILES string of the molecule is CC(C)CCOC(=O)c1cc(C(=O)OCCC(C)C)c(C(=O)OCCC(C)C)cc1C(=O)OCCC(C)C. The Labute approximate surface area is 227 Å². The fraction of sp³-hybridized carbons (Fsp3) is 0.667. The molecule has 0 heterocycles. The van der Waals surface area contributed by atoms with E-state index < -0.39 is 23.9 Å². The largest absolute Gasteiger partial charge is 0.462 e. The molecule has 0 saturated heterocycles. The summed E-state index contributed by atoms with van der Waals surface area (Å²) in [6, 6.07) is 2.38. The summed E-state index contributed by atoms with van der Waals surface area (Å²) in [5.74, 6) is -1.91. The van der Waals surface area contributed by atoms with Gasteiger partial charge in [0.15, 0.2) is 0 Å². The number of esters is 4. The number of hydrogen-bond acceptors (Lipinski definition) is 8. The van der Waals surface area contributed by atoms with Crippen LogP contribution >= 0.6 is 0 Å². The van der Waals surface area contributed by atoms with E-state index in [-0.39, 0.29) is 48.7 Å². The van der Waals surface area contributed by atoms with Crippen LogP contribution in [0.2, 0.25) is 0 Å². The highest BCUT2D eigenvalue weighted by Gasteiger charge is 2.29. The van der Waals surface area contributed by atoms with Crippen LogP contribution < -0.4 is 0 Å². The summed E-state index contributed by atoms with van der Waals surface area (Å²) in [7, 11) is 0. The molecular formula is C30H46O8. The van der Waals surface area contributed by atoms with E-state index in [1.54, 1.807) is 0 Å². The zero-order valence-corrected chi connectivity index (χ0v) is 24.4. The van der Waals surface area contributed by atoms with Crippen LogP contribution in [0.25, 0.3) is 0 Å². The zero-order chi connectivity index (χ0) is 28.8. The molecule has 0 spiro atoms. The predicted molar refractivity (Wildman–Crippen MR) is 145 cm³/mol. The molecule has 0 saturated carbocycles. The maximum Gasteiger partial charge on any atom is 0.339 e. The van der Waals surface area contributed by atoms with Crippen LogP contribution in [0.4, 0.5) is 0 Å². The molecule has 38 heavy (non-hydrogen) atoms. The van der Waals surface area contributed by atoms with Gasteiger partial charge in [-0.2, -0.15) is 0 Å². The van der Waals surface area contributed by atoms with E-state index in [4.69, 9.17) is 18.9 Å². The van der Waals surface area contributed by atoms with Crippen molar-refractivity contribution in [2.45, 2.75) is 81.1 Å². The third-order valence-electron chi connectivity index (χ3n) is 5.75. The normalized spacial score (nSPS) is 11.3. The highest BCUT2D eigenvalue weighted by molar-refractivity contribution is 6.10. The maximum atomic E-state index is 13.0. The van der Waals surface area contributed by atoms with Gasteiger partial charge in [-0.25, -0.2) is 19.2 Å². The average molecular weight is 535 g/mol. The summed E-state index contributed by atoms with van der Waals surface area (Å²) in [4.78, 5) is 52.2. The lowest BCUT2D eigenvalue weighted by atomic mass is 9.97. The summed E-state index contributed by atoms with van der Waals surface area (Å²) in [5, 5.41) is 0. The highest BCUT2D eigenvalue weighted by atomic mass is 16.5. The Kier molecular flexibility index (Phi) is 14.7. The molecule has 0 atom stereocenters. The van der Waals surface area contributed by atoms with Gasteiger partial charge in [-0.1, -0.05) is 55.4 Å². The first-order valence-electron chi connectivity index (χ1n) is 13.7. The van der Waals surface area contributed by atoms with Crippen molar-refractivity contribution in [2.24, 2.45) is 23.7 Å². The predicted octanol–water partition coefficient (Wildman–Crippen LogP) is 6.50. The first kappa shape index (κ1) is 33.1. The van der Waals surface area contributed by atoms with Gasteiger partial charge in [0.25, 0.3) is 0 Å². The Balaban J connectivity index is 3.48. The number of carbonyl (C=O) groups is 4. The molecule has 0 amide bonds. The molecule has 0 aliphatic heterocycles. The van der Waals surface area contributed by atoms with E-state index in [9.17, 15) is 19.2 Å². The third kappa shape index (κ3) is 12.1. The van der Waals surface area contributed by atoms with Crippen molar-refractivity contribution < 1.29 is 38.1 Å². The topological polar surface area (TPSA) is 105 Å². The second-order valence-corrected chi connectivity index (χ2v) is 11.2. The van der Waals surface area contributed by atoms with Crippen LogP contribution in [0.3, 0.4) is 0 Å². The highest BCUT2D eigenvalue weighted by Crippen LogP contribution is 2.23. The van der Waals surface area contributed by atoms with Gasteiger partial charge in [0.2, 0.25) is 0 Å². The average Bonchev–Trinajstić information content (AvgIpc) is 2.81. The first-order valence-corrected chi connectivity index (χ1v) is 13.7. The van der Waals surface area contributed by atoms with Crippen LogP contribution in [-0.4, -0.2) is 50.3 Å². The molecule has 0 aromatic heterocycles. The van der Waals surface area contributed by atoms with Crippen molar-refractivity contribution in [3.8, 4) is 0 Å². The summed E-state index contributed by atoms with van der Waals surface area (Å²) >= 11 is 0. The van der Waals surface area contributed by atoms with Crippen molar-refractivity contribution in [3.63, 3.8) is 0 Å². The van der Waals surface area contributed by atoms with E-state index >= 15 is 0 Å². The maximum absolute atomic E-state index is 13.0. The Morgan fingerprint density at radius 1 is 0.447 bits per heavy atom. The van der Waals surface area contributed by atoms with Gasteiger partial charge >= 0.3 is 23.9 Å². The Bertz CT molecular complexity index is 784. The van der Waals surface area contributed by atoms with Gasteiger partial charge in [-0.05, 0) is 61.5 Å². The van der Waals surface area contributed by atoms with E-state index in [2.05, 4.69) is 0 Å². The van der Waals surface area contributed by atoms with Crippen LogP contribution in [0.1, 0.15) is 123 Å². The van der Waals surface area contributed by atoms with Crippen LogP contribution in [0.5, 0.6) is 0 Å². The van der Waals surface area contributed by atoms with Crippen molar-refractivity contribution >= 4 is 23.9 Å². The molecular weight excluding hydrogens is 488 g/mol. The number of ether oxygens (including phenoxy) is 4. The Morgan fingerprint density at radius 3 is 0.789 bits per heavy atom. The number of rotatable bonds is 16. The fourth-order valence-corrected chi connectivity index (χ4v) is 3.14. The van der Waals surface area contributed by atoms with Crippen molar-refractivity contribution in [1.29, 1.82) is 0 Å². The van der Waals surface area contributed by atoms with Crippen molar-refractivity contribution in [2.75, 3.05) is 26.4 Å². The van der Waals surface area contributed by atoms with Gasteiger partial charge in [0, 0.05) is 0 Å². The zero-order valence-electron chi connectivity index (χ0n) is 24.4. The monoisotopic (exact) mass is 534 g/mol. The molecule has 8 nitrogen and oxygen atoms in total. The number of benzene rings is 1. The Hall–Kier alpha value is -2.90. The van der Waals surface area contributed by atoms with Crippen molar-refractivity contribution in [3.05, 3.63) is 34.4 Å². The molecule has 8 heteroatoms. The minimum absolute atomic E-state index is 0.144. The lowest BCUT2D eigenvalue weighted by Crippen LogP contribution is -2.22. The third-order valence-corrected chi connectivity index (χ3v) is 5.75. The summed E-state index contributed by atoms with van der Waals surface area (Å²) in [6.45, 7) is 16.5. The van der Waals surface area contributed by atoms with Gasteiger partial charge in [0.1, 0.15) is 0 Å². The first-order chi connectivity index (χ1) is 17.8. The van der Waals surface area contributed by atoms with Crippen LogP contribution in [0, 0.1) is 23.7 Å². The van der Waals surface area contributed by atoms with Crippen LogP contribution in [0.15, 0.2) is 12.1 Å². The molecule has 0 bridgehead atoms. The summed E-state index contributed by atoms with van der Waals surface area (Å²) in [5.41, 5.74) is -0.619. The lowest BCUT2D eigenvalue weighted by Gasteiger charge is -2.16. The van der Waals surface area contributed by atoms with Gasteiger partial charge in [0.05, 0.1) is 48.7 Å². The van der Waals surface area contributed by atoms with Gasteiger partial charge < -0.3 is 18.9 Å². The smallest absolute Gasteiger partial charge is 0.339 e. The standard InChI is InChI=1S/C30H46O8/c1-19(2)9-13-35-27(31)23-17-25(29(33)37-15-11-21(5)6)26(30(34)38-16-12-22(7)8)18-24(23)28(32)36-14-10-20(3)4/h17-22H,9-16H2,1-8H3.